The monoisotopic (exact) mass is 335 g/mol. The van der Waals surface area contributed by atoms with Crippen molar-refractivity contribution < 1.29 is 4.79 Å². The molecule has 0 bridgehead atoms. The lowest BCUT2D eigenvalue weighted by Gasteiger charge is -2.05. The number of fused-ring (bicyclic) bond motifs is 3. The number of carbonyl (C=O) groups excluding carboxylic acids is 1. The fourth-order valence-corrected chi connectivity index (χ4v) is 3.96. The second-order valence-corrected chi connectivity index (χ2v) is 6.79. The van der Waals surface area contributed by atoms with E-state index in [1.165, 1.54) is 11.8 Å². The highest BCUT2D eigenvalue weighted by Crippen LogP contribution is 2.37. The Hall–Kier alpha value is -2.53. The van der Waals surface area contributed by atoms with Gasteiger partial charge in [-0.2, -0.15) is 5.10 Å². The molecule has 2 aromatic heterocycles. The second kappa shape index (κ2) is 5.83. The van der Waals surface area contributed by atoms with Gasteiger partial charge < -0.3 is 4.57 Å². The van der Waals surface area contributed by atoms with Crippen LogP contribution in [0.5, 0.6) is 0 Å². The maximum Gasteiger partial charge on any atom is 0.190 e. The summed E-state index contributed by atoms with van der Waals surface area (Å²) in [6.07, 6.45) is 0. The molecule has 2 heterocycles. The highest BCUT2D eigenvalue weighted by Gasteiger charge is 2.22. The van der Waals surface area contributed by atoms with Gasteiger partial charge in [0.15, 0.2) is 10.8 Å². The number of imidazole rings is 1. The Morgan fingerprint density at radius 3 is 2.38 bits per heavy atom. The highest BCUT2D eigenvalue weighted by atomic mass is 32.2. The van der Waals surface area contributed by atoms with Crippen molar-refractivity contribution in [1.82, 2.24) is 14.2 Å². The zero-order valence-electron chi connectivity index (χ0n) is 13.6. The van der Waals surface area contributed by atoms with Crippen molar-refractivity contribution in [2.75, 3.05) is 0 Å². The van der Waals surface area contributed by atoms with Gasteiger partial charge in [-0.15, -0.1) is 0 Å². The molecule has 0 saturated carbocycles. The number of hydrogen-bond donors (Lipinski definition) is 0. The number of benzene rings is 2. The fraction of sp³-hybridized carbons (Fsp3) is 0.158. The molecule has 0 N–H and O–H groups in total. The lowest BCUT2D eigenvalue weighted by molar-refractivity contribution is -0.109. The first kappa shape index (κ1) is 15.0. The van der Waals surface area contributed by atoms with Crippen molar-refractivity contribution in [3.05, 3.63) is 54.6 Å². The van der Waals surface area contributed by atoms with E-state index >= 15 is 0 Å². The van der Waals surface area contributed by atoms with Gasteiger partial charge in [-0.25, -0.2) is 4.52 Å². The van der Waals surface area contributed by atoms with Crippen LogP contribution < -0.4 is 0 Å². The minimum atomic E-state index is 0.0648. The molecule has 0 aliphatic heterocycles. The number of nitrogens with zero attached hydrogens (tertiary/aromatic N) is 3. The Labute approximate surface area is 144 Å². The van der Waals surface area contributed by atoms with Crippen molar-refractivity contribution in [2.45, 2.75) is 25.3 Å². The zero-order chi connectivity index (χ0) is 16.7. The summed E-state index contributed by atoms with van der Waals surface area (Å²) in [5.41, 5.74) is 5.06. The first-order valence-corrected chi connectivity index (χ1v) is 8.76. The third-order valence-electron chi connectivity index (χ3n) is 4.08. The Morgan fingerprint density at radius 2 is 1.71 bits per heavy atom. The molecule has 0 atom stereocenters. The first-order valence-electron chi connectivity index (χ1n) is 7.94. The van der Waals surface area contributed by atoms with E-state index in [0.29, 0.717) is 0 Å². The summed E-state index contributed by atoms with van der Waals surface area (Å²) < 4.78 is 4.19. The number of rotatable bonds is 3. The van der Waals surface area contributed by atoms with Crippen LogP contribution in [0.25, 0.3) is 27.9 Å². The highest BCUT2D eigenvalue weighted by molar-refractivity contribution is 8.13. The number of carbonyl (C=O) groups is 1. The smallest absolute Gasteiger partial charge is 0.190 e. The summed E-state index contributed by atoms with van der Waals surface area (Å²) in [6, 6.07) is 18.2. The van der Waals surface area contributed by atoms with E-state index in [0.717, 1.165) is 39.4 Å². The van der Waals surface area contributed by atoms with Crippen LogP contribution in [0.15, 0.2) is 59.5 Å². The molecule has 0 aliphatic rings. The van der Waals surface area contributed by atoms with Gasteiger partial charge in [-0.3, -0.25) is 4.79 Å². The molecule has 120 valence electrons. The molecule has 0 aliphatic carbocycles. The van der Waals surface area contributed by atoms with Crippen molar-refractivity contribution in [3.8, 4) is 11.3 Å². The Bertz CT molecular complexity index is 1050. The third-order valence-corrected chi connectivity index (χ3v) is 4.95. The van der Waals surface area contributed by atoms with Crippen molar-refractivity contribution in [3.63, 3.8) is 0 Å². The molecule has 0 radical (unpaired) electrons. The average Bonchev–Trinajstić information content (AvgIpc) is 3.10. The number of aromatic nitrogens is 3. The van der Waals surface area contributed by atoms with Gasteiger partial charge in [0, 0.05) is 19.0 Å². The minimum Gasteiger partial charge on any atom is -0.324 e. The molecule has 5 heteroatoms. The van der Waals surface area contributed by atoms with E-state index in [2.05, 4.69) is 23.6 Å². The summed E-state index contributed by atoms with van der Waals surface area (Å²) in [5, 5.41) is 4.92. The molecule has 2 aromatic carbocycles. The molecule has 4 nitrogen and oxygen atoms in total. The summed E-state index contributed by atoms with van der Waals surface area (Å²) in [4.78, 5) is 12.8. The predicted octanol–water partition coefficient (Wildman–Crippen LogP) is 4.61. The zero-order valence-corrected chi connectivity index (χ0v) is 14.4. The van der Waals surface area contributed by atoms with Crippen LogP contribution in [0, 0.1) is 0 Å². The lowest BCUT2D eigenvalue weighted by Crippen LogP contribution is -1.95. The quantitative estimate of drug-likeness (QED) is 0.513. The molecule has 4 rings (SSSR count). The van der Waals surface area contributed by atoms with Gasteiger partial charge >= 0.3 is 0 Å². The Morgan fingerprint density at radius 1 is 1.04 bits per heavy atom. The van der Waals surface area contributed by atoms with Crippen LogP contribution in [0.3, 0.4) is 0 Å². The van der Waals surface area contributed by atoms with Gasteiger partial charge in [0.05, 0.1) is 15.9 Å². The SMILES string of the molecule is CCn1c2ccccc2n2nc(-c3ccccc3)c(SC(C)=O)c12. The van der Waals surface area contributed by atoms with Crippen LogP contribution in [-0.4, -0.2) is 19.3 Å². The average molecular weight is 335 g/mol. The maximum atomic E-state index is 11.9. The molecule has 0 spiro atoms. The van der Waals surface area contributed by atoms with Gasteiger partial charge in [-0.1, -0.05) is 42.5 Å². The predicted molar refractivity (Wildman–Crippen MR) is 98.3 cm³/mol. The molecule has 4 aromatic rings. The molecular formula is C19H17N3OS. The van der Waals surface area contributed by atoms with E-state index in [4.69, 9.17) is 5.10 Å². The summed E-state index contributed by atoms with van der Waals surface area (Å²) in [5.74, 6) is 0. The van der Waals surface area contributed by atoms with Gasteiger partial charge in [0.2, 0.25) is 0 Å². The number of thioether (sulfide) groups is 1. The molecule has 24 heavy (non-hydrogen) atoms. The Balaban J connectivity index is 2.12. The number of aryl methyl sites for hydroxylation is 1. The first-order chi connectivity index (χ1) is 11.7. The number of hydrogen-bond acceptors (Lipinski definition) is 3. The van der Waals surface area contributed by atoms with E-state index in [1.807, 2.05) is 47.0 Å². The second-order valence-electron chi connectivity index (χ2n) is 5.61. The standard InChI is InChI=1S/C19H17N3OS/c1-3-21-15-11-7-8-12-16(15)22-19(21)18(24-13(2)23)17(20-22)14-9-5-4-6-10-14/h4-12H,3H2,1-2H3. The van der Waals surface area contributed by atoms with Crippen molar-refractivity contribution >= 4 is 33.6 Å². The van der Waals surface area contributed by atoms with Crippen molar-refractivity contribution in [2.24, 2.45) is 0 Å². The van der Waals surface area contributed by atoms with Gasteiger partial charge in [-0.05, 0) is 30.8 Å². The van der Waals surface area contributed by atoms with Crippen LogP contribution in [0.4, 0.5) is 0 Å². The molecule has 0 unspecified atom stereocenters. The van der Waals surface area contributed by atoms with Crippen LogP contribution in [-0.2, 0) is 11.3 Å². The third kappa shape index (κ3) is 2.24. The molecular weight excluding hydrogens is 318 g/mol. The summed E-state index contributed by atoms with van der Waals surface area (Å²) in [6.45, 7) is 4.54. The van der Waals surface area contributed by atoms with Crippen LogP contribution >= 0.6 is 11.8 Å². The topological polar surface area (TPSA) is 39.3 Å². The molecule has 0 fully saturated rings. The summed E-state index contributed by atoms with van der Waals surface area (Å²) >= 11 is 1.26. The minimum absolute atomic E-state index is 0.0648. The maximum absolute atomic E-state index is 11.9. The van der Waals surface area contributed by atoms with E-state index in [1.54, 1.807) is 6.92 Å². The van der Waals surface area contributed by atoms with Crippen molar-refractivity contribution in [1.29, 1.82) is 0 Å². The van der Waals surface area contributed by atoms with E-state index < -0.39 is 0 Å². The molecule has 0 saturated heterocycles. The normalized spacial score (nSPS) is 11.4. The lowest BCUT2D eigenvalue weighted by atomic mass is 10.1. The number of para-hydroxylation sites is 2. The van der Waals surface area contributed by atoms with Gasteiger partial charge in [0.25, 0.3) is 0 Å². The van der Waals surface area contributed by atoms with Gasteiger partial charge in [0.1, 0.15) is 5.69 Å². The van der Waals surface area contributed by atoms with Crippen LogP contribution in [0.2, 0.25) is 0 Å². The van der Waals surface area contributed by atoms with Crippen LogP contribution in [0.1, 0.15) is 13.8 Å². The summed E-state index contributed by atoms with van der Waals surface area (Å²) in [7, 11) is 0. The largest absolute Gasteiger partial charge is 0.324 e. The molecule has 0 amide bonds. The van der Waals surface area contributed by atoms with E-state index in [-0.39, 0.29) is 5.12 Å². The Kier molecular flexibility index (Phi) is 3.65. The fourth-order valence-electron chi connectivity index (χ4n) is 3.13. The van der Waals surface area contributed by atoms with E-state index in [9.17, 15) is 4.79 Å².